The van der Waals surface area contributed by atoms with Crippen LogP contribution in [0.1, 0.15) is 52.1 Å². The molecule has 2 heterocycles. The molecule has 0 saturated heterocycles. The number of rotatable bonds is 6. The number of nitrogens with one attached hydrogen (secondary N) is 1. The third kappa shape index (κ3) is 4.58. The number of hydrogen-bond acceptors (Lipinski definition) is 6. The summed E-state index contributed by atoms with van der Waals surface area (Å²) in [6, 6.07) is 2.20. The highest BCUT2D eigenvalue weighted by molar-refractivity contribution is 5.55. The number of anilines is 2. The first-order valence-electron chi connectivity index (χ1n) is 9.69. The molecule has 0 radical (unpaired) electrons. The van der Waals surface area contributed by atoms with Crippen molar-refractivity contribution in [2.24, 2.45) is 11.8 Å². The van der Waals surface area contributed by atoms with Gasteiger partial charge in [0.1, 0.15) is 5.54 Å². The van der Waals surface area contributed by atoms with Gasteiger partial charge in [0, 0.05) is 0 Å². The van der Waals surface area contributed by atoms with Crippen molar-refractivity contribution in [2.45, 2.75) is 58.9 Å². The summed E-state index contributed by atoms with van der Waals surface area (Å²) in [5.74, 6) is 0.811. The standard InChI is InChI=1S/C20H27FN6O/c1-13-5-7-15(8-6-13)11-28-18-16(21)9-23-19(25-18)24-17-10-27(26-14(17)2)20(3,4)12-22/h9-10,13,15H,5-8,11H2,1-4H3,(H,23,24,25). The summed E-state index contributed by atoms with van der Waals surface area (Å²) in [5, 5.41) is 16.7. The van der Waals surface area contributed by atoms with E-state index in [0.29, 0.717) is 23.9 Å². The van der Waals surface area contributed by atoms with Crippen LogP contribution < -0.4 is 10.1 Å². The van der Waals surface area contributed by atoms with Gasteiger partial charge in [0.05, 0.1) is 36.5 Å². The van der Waals surface area contributed by atoms with Gasteiger partial charge in [-0.3, -0.25) is 4.68 Å². The molecule has 3 rings (SSSR count). The monoisotopic (exact) mass is 386 g/mol. The molecule has 1 saturated carbocycles. The lowest BCUT2D eigenvalue weighted by Crippen LogP contribution is -2.24. The van der Waals surface area contributed by atoms with Crippen molar-refractivity contribution >= 4 is 11.6 Å². The molecule has 1 N–H and O–H groups in total. The maximum Gasteiger partial charge on any atom is 0.255 e. The first-order chi connectivity index (χ1) is 13.3. The summed E-state index contributed by atoms with van der Waals surface area (Å²) in [6.45, 7) is 8.09. The zero-order chi connectivity index (χ0) is 20.3. The topological polar surface area (TPSA) is 88.7 Å². The largest absolute Gasteiger partial charge is 0.475 e. The van der Waals surface area contributed by atoms with Gasteiger partial charge in [0.25, 0.3) is 5.88 Å². The van der Waals surface area contributed by atoms with Gasteiger partial charge in [0.2, 0.25) is 11.8 Å². The molecule has 0 amide bonds. The number of nitriles is 1. The van der Waals surface area contributed by atoms with Crippen LogP contribution in [0.3, 0.4) is 0 Å². The molecule has 7 nitrogen and oxygen atoms in total. The molecular formula is C20H27FN6O. The quantitative estimate of drug-likeness (QED) is 0.795. The molecule has 0 bridgehead atoms. The Hall–Kier alpha value is -2.69. The molecule has 0 atom stereocenters. The molecule has 0 aromatic carbocycles. The average Bonchev–Trinajstić information content (AvgIpc) is 3.05. The predicted molar refractivity (Wildman–Crippen MR) is 104 cm³/mol. The number of nitrogens with zero attached hydrogens (tertiary/aromatic N) is 5. The second kappa shape index (κ2) is 8.13. The van der Waals surface area contributed by atoms with Gasteiger partial charge in [-0.25, -0.2) is 4.98 Å². The summed E-state index contributed by atoms with van der Waals surface area (Å²) in [5.41, 5.74) is 0.567. The molecule has 1 aliphatic rings. The molecule has 2 aromatic heterocycles. The zero-order valence-electron chi connectivity index (χ0n) is 16.9. The molecule has 0 unspecified atom stereocenters. The lowest BCUT2D eigenvalue weighted by molar-refractivity contribution is 0.178. The number of halogens is 1. The molecule has 1 fully saturated rings. The van der Waals surface area contributed by atoms with Crippen LogP contribution in [-0.2, 0) is 5.54 Å². The van der Waals surface area contributed by atoms with Crippen LogP contribution in [0.15, 0.2) is 12.4 Å². The minimum absolute atomic E-state index is 0.0430. The lowest BCUT2D eigenvalue weighted by atomic mass is 9.83. The van der Waals surface area contributed by atoms with Gasteiger partial charge in [0.15, 0.2) is 0 Å². The van der Waals surface area contributed by atoms with E-state index < -0.39 is 11.4 Å². The SMILES string of the molecule is Cc1nn(C(C)(C)C#N)cc1Nc1ncc(F)c(OCC2CCC(C)CC2)n1. The Morgan fingerprint density at radius 2 is 2.07 bits per heavy atom. The first-order valence-corrected chi connectivity index (χ1v) is 9.69. The lowest BCUT2D eigenvalue weighted by Gasteiger charge is -2.25. The summed E-state index contributed by atoms with van der Waals surface area (Å²) < 4.78 is 21.3. The molecular weight excluding hydrogens is 359 g/mol. The van der Waals surface area contributed by atoms with Crippen molar-refractivity contribution in [3.63, 3.8) is 0 Å². The van der Waals surface area contributed by atoms with Crippen molar-refractivity contribution in [1.29, 1.82) is 5.26 Å². The van der Waals surface area contributed by atoms with Crippen LogP contribution in [0, 0.1) is 35.9 Å². The van der Waals surface area contributed by atoms with E-state index in [1.165, 1.54) is 12.8 Å². The van der Waals surface area contributed by atoms with E-state index in [1.807, 2.05) is 6.92 Å². The number of hydrogen-bond donors (Lipinski definition) is 1. The maximum atomic E-state index is 14.1. The van der Waals surface area contributed by atoms with Gasteiger partial charge in [-0.15, -0.1) is 0 Å². The van der Waals surface area contributed by atoms with Gasteiger partial charge in [-0.2, -0.15) is 19.7 Å². The van der Waals surface area contributed by atoms with Crippen LogP contribution in [0.4, 0.5) is 16.0 Å². The highest BCUT2D eigenvalue weighted by Gasteiger charge is 2.23. The third-order valence-electron chi connectivity index (χ3n) is 5.29. The highest BCUT2D eigenvalue weighted by Crippen LogP contribution is 2.29. The van der Waals surface area contributed by atoms with Crippen LogP contribution in [0.2, 0.25) is 0 Å². The van der Waals surface area contributed by atoms with Crippen LogP contribution in [0.5, 0.6) is 5.88 Å². The summed E-state index contributed by atoms with van der Waals surface area (Å²) in [6.07, 6.45) is 7.41. The predicted octanol–water partition coefficient (Wildman–Crippen LogP) is 4.33. The molecule has 0 spiro atoms. The van der Waals surface area contributed by atoms with E-state index in [4.69, 9.17) is 4.74 Å². The van der Waals surface area contributed by atoms with Gasteiger partial charge >= 0.3 is 0 Å². The van der Waals surface area contributed by atoms with E-state index in [2.05, 4.69) is 33.4 Å². The molecule has 150 valence electrons. The van der Waals surface area contributed by atoms with Crippen molar-refractivity contribution in [3.05, 3.63) is 23.9 Å². The Labute approximate surface area is 164 Å². The van der Waals surface area contributed by atoms with Crippen LogP contribution >= 0.6 is 0 Å². The van der Waals surface area contributed by atoms with Crippen molar-refractivity contribution in [2.75, 3.05) is 11.9 Å². The van der Waals surface area contributed by atoms with E-state index >= 15 is 0 Å². The van der Waals surface area contributed by atoms with Crippen LogP contribution in [-0.4, -0.2) is 26.4 Å². The van der Waals surface area contributed by atoms with Gasteiger partial charge in [-0.05, 0) is 45.4 Å². The maximum absolute atomic E-state index is 14.1. The second-order valence-corrected chi connectivity index (χ2v) is 8.15. The van der Waals surface area contributed by atoms with E-state index in [1.54, 1.807) is 24.7 Å². The third-order valence-corrected chi connectivity index (χ3v) is 5.29. The molecule has 0 aliphatic heterocycles. The summed E-state index contributed by atoms with van der Waals surface area (Å²) >= 11 is 0. The number of aromatic nitrogens is 4. The Morgan fingerprint density at radius 3 is 2.75 bits per heavy atom. The van der Waals surface area contributed by atoms with E-state index in [0.717, 1.165) is 25.0 Å². The Balaban J connectivity index is 1.69. The molecule has 8 heteroatoms. The fourth-order valence-electron chi connectivity index (χ4n) is 3.25. The van der Waals surface area contributed by atoms with Crippen molar-refractivity contribution in [1.82, 2.24) is 19.7 Å². The van der Waals surface area contributed by atoms with Crippen LogP contribution in [0.25, 0.3) is 0 Å². The van der Waals surface area contributed by atoms with Crippen molar-refractivity contribution < 1.29 is 9.13 Å². The highest BCUT2D eigenvalue weighted by atomic mass is 19.1. The second-order valence-electron chi connectivity index (χ2n) is 8.15. The fourth-order valence-corrected chi connectivity index (χ4v) is 3.25. The molecule has 28 heavy (non-hydrogen) atoms. The Morgan fingerprint density at radius 1 is 1.36 bits per heavy atom. The fraction of sp³-hybridized carbons (Fsp3) is 0.600. The van der Waals surface area contributed by atoms with E-state index in [-0.39, 0.29) is 11.8 Å². The van der Waals surface area contributed by atoms with Gasteiger partial charge in [-0.1, -0.05) is 19.8 Å². The van der Waals surface area contributed by atoms with Gasteiger partial charge < -0.3 is 10.1 Å². The Bertz CT molecular complexity index is 864. The zero-order valence-corrected chi connectivity index (χ0v) is 16.9. The number of ether oxygens (including phenoxy) is 1. The summed E-state index contributed by atoms with van der Waals surface area (Å²) in [4.78, 5) is 8.17. The first kappa shape index (κ1) is 20.1. The van der Waals surface area contributed by atoms with E-state index in [9.17, 15) is 9.65 Å². The normalized spacial score (nSPS) is 19.9. The average molecular weight is 386 g/mol. The minimum Gasteiger partial charge on any atom is -0.475 e. The molecule has 1 aliphatic carbocycles. The van der Waals surface area contributed by atoms with Crippen molar-refractivity contribution in [3.8, 4) is 11.9 Å². The smallest absolute Gasteiger partial charge is 0.255 e. The summed E-state index contributed by atoms with van der Waals surface area (Å²) in [7, 11) is 0. The molecule has 2 aromatic rings. The Kier molecular flexibility index (Phi) is 5.82. The number of aryl methyl sites for hydroxylation is 1. The minimum atomic E-state index is -0.778.